The lowest BCUT2D eigenvalue weighted by molar-refractivity contribution is -0.253. The summed E-state index contributed by atoms with van der Waals surface area (Å²) in [6.07, 6.45) is 0.313. The molecule has 6 rings (SSSR count). The van der Waals surface area contributed by atoms with Crippen LogP contribution in [0.2, 0.25) is 0 Å². The molecule has 0 aliphatic carbocycles. The fourth-order valence-electron chi connectivity index (χ4n) is 6.00. The predicted octanol–water partition coefficient (Wildman–Crippen LogP) is 5.67. The molecule has 0 radical (unpaired) electrons. The first-order valence-corrected chi connectivity index (χ1v) is 15.1. The maximum Gasteiger partial charge on any atom is 0.184 e. The van der Waals surface area contributed by atoms with Crippen molar-refractivity contribution in [3.8, 4) is 11.1 Å². The third-order valence-corrected chi connectivity index (χ3v) is 8.47. The Morgan fingerprint density at radius 2 is 1.36 bits per heavy atom. The van der Waals surface area contributed by atoms with Gasteiger partial charge in [-0.25, -0.2) is 0 Å². The van der Waals surface area contributed by atoms with Gasteiger partial charge in [-0.3, -0.25) is 9.80 Å². The van der Waals surface area contributed by atoms with Gasteiger partial charge < -0.3 is 20.3 Å². The third-order valence-electron chi connectivity index (χ3n) is 8.47. The topological polar surface area (TPSA) is 71.2 Å². The van der Waals surface area contributed by atoms with Gasteiger partial charge in [-0.05, 0) is 39.4 Å². The van der Waals surface area contributed by atoms with Gasteiger partial charge in [0.25, 0.3) is 0 Å². The Morgan fingerprint density at radius 3 is 2.07 bits per heavy atom. The molecule has 6 heteroatoms. The molecule has 4 aromatic rings. The van der Waals surface area contributed by atoms with Crippen molar-refractivity contribution >= 4 is 0 Å². The van der Waals surface area contributed by atoms with E-state index in [2.05, 4.69) is 101 Å². The van der Waals surface area contributed by atoms with Crippen molar-refractivity contribution in [2.75, 3.05) is 32.7 Å². The summed E-state index contributed by atoms with van der Waals surface area (Å²) < 4.78 is 13.2. The number of benzene rings is 4. The zero-order valence-corrected chi connectivity index (χ0v) is 24.1. The lowest BCUT2D eigenvalue weighted by Gasteiger charge is -2.40. The van der Waals surface area contributed by atoms with Gasteiger partial charge in [-0.1, -0.05) is 97.1 Å². The Kier molecular flexibility index (Phi) is 9.41. The number of nitrogens with two attached hydrogens (primary N) is 1. The molecular formula is C36H41N3O3. The van der Waals surface area contributed by atoms with E-state index < -0.39 is 6.29 Å². The minimum atomic E-state index is -0.449. The summed E-state index contributed by atoms with van der Waals surface area (Å²) in [4.78, 5) is 5.07. The molecule has 42 heavy (non-hydrogen) atoms. The SMILES string of the molecule is NCc1cccc(-c2ccc([C@@H]3O[C@H](CN4CCN(Cc5ccccc5)CC4)C[C@H](c4ccc(CO)cc4)O3)cc2)c1. The molecule has 4 aromatic carbocycles. The summed E-state index contributed by atoms with van der Waals surface area (Å²) >= 11 is 0. The number of ether oxygens (including phenoxy) is 2. The van der Waals surface area contributed by atoms with E-state index in [1.54, 1.807) is 0 Å². The summed E-state index contributed by atoms with van der Waals surface area (Å²) in [5.41, 5.74) is 13.7. The van der Waals surface area contributed by atoms with Crippen LogP contribution in [0.1, 0.15) is 46.6 Å². The molecule has 0 unspecified atom stereocenters. The maximum absolute atomic E-state index is 9.52. The van der Waals surface area contributed by atoms with Gasteiger partial charge in [0.05, 0.1) is 18.8 Å². The lowest BCUT2D eigenvalue weighted by atomic mass is 9.99. The third kappa shape index (κ3) is 7.16. The van der Waals surface area contributed by atoms with Crippen LogP contribution in [0.4, 0.5) is 0 Å². The highest BCUT2D eigenvalue weighted by molar-refractivity contribution is 5.64. The summed E-state index contributed by atoms with van der Waals surface area (Å²) in [5.74, 6) is 0. The van der Waals surface area contributed by atoms with E-state index in [0.29, 0.717) is 6.54 Å². The molecule has 2 saturated heterocycles. The van der Waals surface area contributed by atoms with Gasteiger partial charge in [0.1, 0.15) is 0 Å². The molecule has 0 spiro atoms. The van der Waals surface area contributed by atoms with Gasteiger partial charge in [-0.15, -0.1) is 0 Å². The molecule has 2 aliphatic rings. The van der Waals surface area contributed by atoms with E-state index in [9.17, 15) is 5.11 Å². The average Bonchev–Trinajstić information content (AvgIpc) is 3.06. The number of aliphatic hydroxyl groups is 1. The second-order valence-electron chi connectivity index (χ2n) is 11.4. The molecule has 2 heterocycles. The molecule has 2 aliphatic heterocycles. The van der Waals surface area contributed by atoms with Gasteiger partial charge in [0, 0.05) is 57.8 Å². The Balaban J connectivity index is 1.14. The van der Waals surface area contributed by atoms with Crippen LogP contribution in [-0.2, 0) is 29.2 Å². The van der Waals surface area contributed by atoms with Crippen LogP contribution < -0.4 is 5.73 Å². The van der Waals surface area contributed by atoms with Gasteiger partial charge in [-0.2, -0.15) is 0 Å². The highest BCUT2D eigenvalue weighted by atomic mass is 16.7. The van der Waals surface area contributed by atoms with E-state index in [-0.39, 0.29) is 18.8 Å². The zero-order valence-electron chi connectivity index (χ0n) is 24.1. The fourth-order valence-corrected chi connectivity index (χ4v) is 6.00. The van der Waals surface area contributed by atoms with Crippen molar-refractivity contribution in [3.05, 3.63) is 131 Å². The Labute approximate surface area is 249 Å². The number of aliphatic hydroxyl groups excluding tert-OH is 1. The van der Waals surface area contributed by atoms with Crippen LogP contribution >= 0.6 is 0 Å². The molecule has 0 amide bonds. The second kappa shape index (κ2) is 13.7. The smallest absolute Gasteiger partial charge is 0.184 e. The van der Waals surface area contributed by atoms with Gasteiger partial charge in [0.2, 0.25) is 0 Å². The molecule has 6 nitrogen and oxygen atoms in total. The minimum absolute atomic E-state index is 0.0386. The number of piperazine rings is 1. The molecule has 0 aromatic heterocycles. The van der Waals surface area contributed by atoms with Crippen LogP contribution in [0.15, 0.2) is 103 Å². The first-order chi connectivity index (χ1) is 20.7. The van der Waals surface area contributed by atoms with Crippen LogP contribution in [0.3, 0.4) is 0 Å². The van der Waals surface area contributed by atoms with Crippen molar-refractivity contribution in [1.29, 1.82) is 0 Å². The first-order valence-electron chi connectivity index (χ1n) is 15.1. The molecule has 0 saturated carbocycles. The van der Waals surface area contributed by atoms with E-state index in [1.807, 2.05) is 12.1 Å². The summed E-state index contributed by atoms with van der Waals surface area (Å²) in [6.45, 7) is 6.63. The maximum atomic E-state index is 9.52. The van der Waals surface area contributed by atoms with E-state index in [4.69, 9.17) is 15.2 Å². The summed E-state index contributed by atoms with van der Waals surface area (Å²) in [5, 5.41) is 9.52. The first kappa shape index (κ1) is 28.7. The molecule has 3 N–H and O–H groups in total. The number of hydrogen-bond donors (Lipinski definition) is 2. The van der Waals surface area contributed by atoms with Crippen LogP contribution in [-0.4, -0.2) is 53.7 Å². The van der Waals surface area contributed by atoms with Crippen LogP contribution in [0.5, 0.6) is 0 Å². The Morgan fingerprint density at radius 1 is 0.667 bits per heavy atom. The minimum Gasteiger partial charge on any atom is -0.392 e. The number of rotatable bonds is 9. The van der Waals surface area contributed by atoms with Crippen molar-refractivity contribution in [3.63, 3.8) is 0 Å². The average molecular weight is 564 g/mol. The Hall–Kier alpha value is -3.36. The number of hydrogen-bond acceptors (Lipinski definition) is 6. The Bertz CT molecular complexity index is 1400. The highest BCUT2D eigenvalue weighted by Gasteiger charge is 2.33. The van der Waals surface area contributed by atoms with Gasteiger partial charge in [0.15, 0.2) is 6.29 Å². The van der Waals surface area contributed by atoms with E-state index in [0.717, 1.165) is 79.1 Å². The van der Waals surface area contributed by atoms with Crippen molar-refractivity contribution < 1.29 is 14.6 Å². The highest BCUT2D eigenvalue weighted by Crippen LogP contribution is 2.38. The normalized spacial score (nSPS) is 21.8. The molecule has 2 fully saturated rings. The lowest BCUT2D eigenvalue weighted by Crippen LogP contribution is -2.49. The van der Waals surface area contributed by atoms with Crippen molar-refractivity contribution in [1.82, 2.24) is 9.80 Å². The van der Waals surface area contributed by atoms with E-state index in [1.165, 1.54) is 5.56 Å². The summed E-state index contributed by atoms with van der Waals surface area (Å²) in [6, 6.07) is 35.7. The van der Waals surface area contributed by atoms with Crippen LogP contribution in [0, 0.1) is 0 Å². The van der Waals surface area contributed by atoms with Crippen LogP contribution in [0.25, 0.3) is 11.1 Å². The largest absolute Gasteiger partial charge is 0.392 e. The quantitative estimate of drug-likeness (QED) is 0.274. The monoisotopic (exact) mass is 563 g/mol. The second-order valence-corrected chi connectivity index (χ2v) is 11.4. The molecule has 218 valence electrons. The standard InChI is InChI=1S/C36H41N3O3/c37-23-29-7-4-8-33(21-29)30-13-15-32(16-14-30)36-41-34(22-35(42-36)31-11-9-28(26-40)10-12-31)25-39-19-17-38(18-20-39)24-27-5-2-1-3-6-27/h1-16,21,34-36,40H,17-20,22-26,37H2/t34-,35+,36+/m0/s1. The van der Waals surface area contributed by atoms with Crippen molar-refractivity contribution in [2.45, 2.75) is 44.6 Å². The summed E-state index contributed by atoms with van der Waals surface area (Å²) in [7, 11) is 0. The molecular weight excluding hydrogens is 522 g/mol. The fraction of sp³-hybridized carbons (Fsp3) is 0.333. The zero-order chi connectivity index (χ0) is 28.7. The predicted molar refractivity (Wildman–Crippen MR) is 166 cm³/mol. The number of nitrogens with zero attached hydrogens (tertiary/aromatic N) is 2. The van der Waals surface area contributed by atoms with E-state index >= 15 is 0 Å². The molecule has 0 bridgehead atoms. The van der Waals surface area contributed by atoms with Gasteiger partial charge >= 0.3 is 0 Å². The molecule has 3 atom stereocenters. The van der Waals surface area contributed by atoms with Crippen molar-refractivity contribution in [2.24, 2.45) is 5.73 Å².